The van der Waals surface area contributed by atoms with Crippen LogP contribution >= 0.6 is 31.9 Å². The van der Waals surface area contributed by atoms with Crippen LogP contribution in [0, 0.1) is 0 Å². The van der Waals surface area contributed by atoms with Gasteiger partial charge in [0.05, 0.1) is 8.95 Å². The van der Waals surface area contributed by atoms with Crippen molar-refractivity contribution in [3.05, 3.63) is 8.95 Å². The van der Waals surface area contributed by atoms with E-state index in [-0.39, 0.29) is 0 Å². The summed E-state index contributed by atoms with van der Waals surface area (Å²) >= 11 is 7.04. The van der Waals surface area contributed by atoms with Crippen LogP contribution in [0.5, 0.6) is 0 Å². The summed E-state index contributed by atoms with van der Waals surface area (Å²) in [6.07, 6.45) is 0. The molecule has 82 valence electrons. The number of aryl methyl sites for hydroxylation is 2. The number of hydrogen-bond donors (Lipinski definition) is 0. The Bertz CT molecular complexity index is 655. The molecule has 6 nitrogen and oxygen atoms in total. The molecule has 2 aromatic heterocycles. The first-order valence-electron chi connectivity index (χ1n) is 4.47. The van der Waals surface area contributed by atoms with Crippen LogP contribution in [-0.4, -0.2) is 30.0 Å². The quantitative estimate of drug-likeness (QED) is 0.623. The molecule has 0 radical (unpaired) electrons. The Balaban J connectivity index is 2.71. The SMILES string of the molecule is Cn1nnc2c(Br)c3nnn(C)c3c(Br)c21. The monoisotopic (exact) mass is 344 g/mol. The van der Waals surface area contributed by atoms with Gasteiger partial charge in [-0.05, 0) is 31.9 Å². The summed E-state index contributed by atoms with van der Waals surface area (Å²) in [5.74, 6) is 0. The van der Waals surface area contributed by atoms with Crippen LogP contribution in [0.4, 0.5) is 0 Å². The van der Waals surface area contributed by atoms with Crippen LogP contribution in [0.3, 0.4) is 0 Å². The molecule has 1 aromatic carbocycles. The van der Waals surface area contributed by atoms with Gasteiger partial charge >= 0.3 is 0 Å². The minimum absolute atomic E-state index is 0.780. The van der Waals surface area contributed by atoms with Crippen LogP contribution in [0.25, 0.3) is 22.1 Å². The van der Waals surface area contributed by atoms with Gasteiger partial charge in [0.2, 0.25) is 0 Å². The second kappa shape index (κ2) is 3.24. The zero-order chi connectivity index (χ0) is 11.4. The van der Waals surface area contributed by atoms with E-state index in [0.717, 1.165) is 31.0 Å². The summed E-state index contributed by atoms with van der Waals surface area (Å²) in [4.78, 5) is 0. The number of benzene rings is 1. The van der Waals surface area contributed by atoms with Gasteiger partial charge in [-0.2, -0.15) is 0 Å². The molecule has 0 saturated carbocycles. The first kappa shape index (κ1) is 10.2. The lowest BCUT2D eigenvalue weighted by Crippen LogP contribution is -1.94. The first-order valence-corrected chi connectivity index (χ1v) is 6.05. The summed E-state index contributed by atoms with van der Waals surface area (Å²) < 4.78 is 5.16. The second-order valence-electron chi connectivity index (χ2n) is 3.45. The molecule has 0 aliphatic rings. The van der Waals surface area contributed by atoms with Gasteiger partial charge in [0, 0.05) is 14.1 Å². The molecule has 0 aliphatic heterocycles. The molecule has 0 saturated heterocycles. The molecule has 0 aliphatic carbocycles. The highest BCUT2D eigenvalue weighted by molar-refractivity contribution is 9.11. The molecule has 3 rings (SSSR count). The van der Waals surface area contributed by atoms with Crippen molar-refractivity contribution in [1.29, 1.82) is 0 Å². The van der Waals surface area contributed by atoms with Gasteiger partial charge in [-0.15, -0.1) is 10.2 Å². The van der Waals surface area contributed by atoms with Crippen molar-refractivity contribution in [3.8, 4) is 0 Å². The number of halogens is 2. The van der Waals surface area contributed by atoms with Gasteiger partial charge in [0.25, 0.3) is 0 Å². The summed E-state index contributed by atoms with van der Waals surface area (Å²) in [5, 5.41) is 16.2. The van der Waals surface area contributed by atoms with Gasteiger partial charge in [-0.1, -0.05) is 10.4 Å². The third-order valence-corrected chi connectivity index (χ3v) is 3.99. The second-order valence-corrected chi connectivity index (χ2v) is 5.03. The van der Waals surface area contributed by atoms with Crippen molar-refractivity contribution in [2.45, 2.75) is 0 Å². The van der Waals surface area contributed by atoms with Crippen molar-refractivity contribution >= 4 is 53.9 Å². The van der Waals surface area contributed by atoms with E-state index >= 15 is 0 Å². The van der Waals surface area contributed by atoms with Crippen molar-refractivity contribution in [2.75, 3.05) is 0 Å². The molecule has 0 unspecified atom stereocenters. The predicted molar refractivity (Wildman–Crippen MR) is 66.0 cm³/mol. The maximum absolute atomic E-state index is 4.10. The van der Waals surface area contributed by atoms with Gasteiger partial charge in [-0.25, -0.2) is 9.36 Å². The number of nitrogens with zero attached hydrogens (tertiary/aromatic N) is 6. The molecule has 3 aromatic rings. The zero-order valence-electron chi connectivity index (χ0n) is 8.44. The standard InChI is InChI=1S/C8H6Br2N6/c1-15-7-4(10)8-6(12-14-16(8)2)3(9)5(7)11-13-15/h1-2H3. The number of rotatable bonds is 0. The zero-order valence-corrected chi connectivity index (χ0v) is 11.6. The number of aromatic nitrogens is 6. The predicted octanol–water partition coefficient (Wildman–Crippen LogP) is 1.77. The summed E-state index contributed by atoms with van der Waals surface area (Å²) in [6.45, 7) is 0. The topological polar surface area (TPSA) is 61.4 Å². The lowest BCUT2D eigenvalue weighted by molar-refractivity contribution is 0.729. The van der Waals surface area contributed by atoms with E-state index in [4.69, 9.17) is 0 Å². The Kier molecular flexibility index (Phi) is 2.05. The summed E-state index contributed by atoms with van der Waals surface area (Å²) in [6, 6.07) is 0. The van der Waals surface area contributed by atoms with E-state index in [2.05, 4.69) is 52.5 Å². The molecular formula is C8H6Br2N6. The highest BCUT2D eigenvalue weighted by Crippen LogP contribution is 2.36. The number of hydrogen-bond acceptors (Lipinski definition) is 4. The third-order valence-electron chi connectivity index (χ3n) is 2.49. The van der Waals surface area contributed by atoms with Gasteiger partial charge in [0.15, 0.2) is 0 Å². The fraction of sp³-hybridized carbons (Fsp3) is 0.250. The van der Waals surface area contributed by atoms with Crippen LogP contribution in [0.1, 0.15) is 0 Å². The molecule has 0 spiro atoms. The Hall–Kier alpha value is -1.02. The minimum atomic E-state index is 0.780. The van der Waals surface area contributed by atoms with Gasteiger partial charge in [-0.3, -0.25) is 0 Å². The highest BCUT2D eigenvalue weighted by Gasteiger charge is 2.19. The normalized spacial score (nSPS) is 11.8. The molecule has 0 fully saturated rings. The summed E-state index contributed by atoms with van der Waals surface area (Å²) in [7, 11) is 3.70. The molecule has 0 bridgehead atoms. The maximum Gasteiger partial charge on any atom is 0.130 e. The molecule has 16 heavy (non-hydrogen) atoms. The van der Waals surface area contributed by atoms with Crippen LogP contribution in [0.2, 0.25) is 0 Å². The molecule has 8 heteroatoms. The summed E-state index contributed by atoms with van der Waals surface area (Å²) in [5.41, 5.74) is 3.40. The third kappa shape index (κ3) is 1.11. The van der Waals surface area contributed by atoms with E-state index < -0.39 is 0 Å². The molecule has 2 heterocycles. The van der Waals surface area contributed by atoms with Crippen molar-refractivity contribution < 1.29 is 0 Å². The van der Waals surface area contributed by atoms with Crippen LogP contribution in [0.15, 0.2) is 8.95 Å². The Morgan fingerprint density at radius 1 is 0.812 bits per heavy atom. The van der Waals surface area contributed by atoms with Gasteiger partial charge in [0.1, 0.15) is 22.1 Å². The van der Waals surface area contributed by atoms with Crippen molar-refractivity contribution in [3.63, 3.8) is 0 Å². The van der Waals surface area contributed by atoms with E-state index in [1.54, 1.807) is 9.36 Å². The Morgan fingerprint density at radius 3 is 1.69 bits per heavy atom. The first-order chi connectivity index (χ1) is 7.61. The maximum atomic E-state index is 4.10. The van der Waals surface area contributed by atoms with Gasteiger partial charge < -0.3 is 0 Å². The average Bonchev–Trinajstić information content (AvgIpc) is 2.80. The van der Waals surface area contributed by atoms with E-state index in [0.29, 0.717) is 0 Å². The highest BCUT2D eigenvalue weighted by atomic mass is 79.9. The fourth-order valence-electron chi connectivity index (χ4n) is 1.73. The molecular weight excluding hydrogens is 340 g/mol. The van der Waals surface area contributed by atoms with E-state index in [1.165, 1.54) is 0 Å². The van der Waals surface area contributed by atoms with Crippen molar-refractivity contribution in [2.24, 2.45) is 14.1 Å². The lowest BCUT2D eigenvalue weighted by Gasteiger charge is -2.01. The van der Waals surface area contributed by atoms with E-state index in [9.17, 15) is 0 Å². The van der Waals surface area contributed by atoms with E-state index in [1.807, 2.05) is 14.1 Å². The van der Waals surface area contributed by atoms with Crippen LogP contribution in [-0.2, 0) is 14.1 Å². The lowest BCUT2D eigenvalue weighted by atomic mass is 10.2. The Morgan fingerprint density at radius 2 is 1.25 bits per heavy atom. The van der Waals surface area contributed by atoms with Crippen LogP contribution < -0.4 is 0 Å². The van der Waals surface area contributed by atoms with Crippen molar-refractivity contribution in [1.82, 2.24) is 30.0 Å². The minimum Gasteiger partial charge on any atom is -0.246 e. The molecule has 0 N–H and O–H groups in total. The molecule has 0 amide bonds. The smallest absolute Gasteiger partial charge is 0.130 e. The Labute approximate surface area is 107 Å². The largest absolute Gasteiger partial charge is 0.246 e. The number of fused-ring (bicyclic) bond motifs is 2. The average molecular weight is 346 g/mol. The fourth-order valence-corrected chi connectivity index (χ4v) is 3.15. The molecule has 0 atom stereocenters.